The van der Waals surface area contributed by atoms with Crippen molar-refractivity contribution in [2.45, 2.75) is 0 Å². The molecule has 1 amide bonds. The Morgan fingerprint density at radius 2 is 1.86 bits per heavy atom. The molecule has 3 radical (unpaired) electrons. The van der Waals surface area contributed by atoms with Crippen LogP contribution >= 0.6 is 11.6 Å². The molecule has 1 heterocycles. The quantitative estimate of drug-likeness (QED) is 0.745. The van der Waals surface area contributed by atoms with Gasteiger partial charge in [0.15, 0.2) is 0 Å². The van der Waals surface area contributed by atoms with Crippen LogP contribution in [0.3, 0.4) is 0 Å². The number of hydrogen-bond acceptors (Lipinski definition) is 2. The number of carbonyl (C=O) groups excluding carboxylic acids is 1. The lowest BCUT2D eigenvalue weighted by molar-refractivity contribution is -0.116. The van der Waals surface area contributed by atoms with Gasteiger partial charge in [-0.2, -0.15) is 0 Å². The molecule has 0 spiro atoms. The van der Waals surface area contributed by atoms with Gasteiger partial charge < -0.3 is 4.90 Å². The number of fused-ring (bicyclic) bond motifs is 1. The summed E-state index contributed by atoms with van der Waals surface area (Å²) in [5, 5.41) is 0.634. The SMILES string of the molecule is CN1C(=O)CN=C(c2ccccc2)c2cc(Cl)ccc21.[Al]. The zero-order valence-corrected chi connectivity index (χ0v) is 13.5. The van der Waals surface area contributed by atoms with Gasteiger partial charge in [0.05, 0.1) is 11.4 Å². The van der Waals surface area contributed by atoms with E-state index in [1.807, 2.05) is 42.5 Å². The van der Waals surface area contributed by atoms with Crippen molar-refractivity contribution in [2.24, 2.45) is 4.99 Å². The maximum atomic E-state index is 12.0. The predicted octanol–water partition coefficient (Wildman–Crippen LogP) is 2.77. The summed E-state index contributed by atoms with van der Waals surface area (Å²) in [6, 6.07) is 15.3. The number of amides is 1. The highest BCUT2D eigenvalue weighted by atomic mass is 35.5. The summed E-state index contributed by atoms with van der Waals surface area (Å²) in [6.45, 7) is 0.146. The van der Waals surface area contributed by atoms with Gasteiger partial charge in [-0.05, 0) is 18.2 Å². The Morgan fingerprint density at radius 3 is 2.57 bits per heavy atom. The Labute approximate surface area is 139 Å². The molecule has 5 heteroatoms. The molecule has 0 bridgehead atoms. The number of likely N-dealkylation sites (N-methyl/N-ethyl adjacent to an activating group) is 1. The Balaban J connectivity index is 0.00000161. The van der Waals surface area contributed by atoms with E-state index in [2.05, 4.69) is 4.99 Å². The van der Waals surface area contributed by atoms with Crippen molar-refractivity contribution in [3.05, 3.63) is 64.7 Å². The third-order valence-corrected chi connectivity index (χ3v) is 3.60. The summed E-state index contributed by atoms with van der Waals surface area (Å²) in [5.41, 5.74) is 3.51. The molecule has 0 N–H and O–H groups in total. The number of halogens is 1. The van der Waals surface area contributed by atoms with Crippen molar-refractivity contribution >= 4 is 46.3 Å². The third kappa shape index (κ3) is 3.03. The predicted molar refractivity (Wildman–Crippen MR) is 87.6 cm³/mol. The summed E-state index contributed by atoms with van der Waals surface area (Å²) in [6.07, 6.45) is 0. The monoisotopic (exact) mass is 311 g/mol. The molecule has 0 unspecified atom stereocenters. The smallest absolute Gasteiger partial charge is 0.248 e. The normalized spacial score (nSPS) is 13.9. The minimum atomic E-state index is -0.0282. The van der Waals surface area contributed by atoms with Gasteiger partial charge in [0, 0.05) is 40.6 Å². The number of rotatable bonds is 1. The van der Waals surface area contributed by atoms with Crippen molar-refractivity contribution in [1.29, 1.82) is 0 Å². The molecule has 1 aliphatic heterocycles. The van der Waals surface area contributed by atoms with Gasteiger partial charge in [-0.25, -0.2) is 0 Å². The number of aliphatic imine (C=N–C) groups is 1. The Bertz CT molecular complexity index is 701. The molecule has 0 atom stereocenters. The van der Waals surface area contributed by atoms with Crippen molar-refractivity contribution in [3.63, 3.8) is 0 Å². The summed E-state index contributed by atoms with van der Waals surface area (Å²) >= 11 is 6.11. The number of benzodiazepines with no additional fused rings is 1. The molecule has 1 aliphatic rings. The highest BCUT2D eigenvalue weighted by Crippen LogP contribution is 2.28. The fourth-order valence-electron chi connectivity index (χ4n) is 2.31. The molecule has 0 fully saturated rings. The van der Waals surface area contributed by atoms with E-state index in [0.29, 0.717) is 5.02 Å². The lowest BCUT2D eigenvalue weighted by atomic mass is 10.0. The van der Waals surface area contributed by atoms with Gasteiger partial charge in [-0.1, -0.05) is 41.9 Å². The van der Waals surface area contributed by atoms with E-state index in [-0.39, 0.29) is 29.8 Å². The lowest BCUT2D eigenvalue weighted by Crippen LogP contribution is -2.27. The van der Waals surface area contributed by atoms with Gasteiger partial charge >= 0.3 is 0 Å². The lowest BCUT2D eigenvalue weighted by Gasteiger charge is -2.18. The first-order chi connectivity index (χ1) is 9.66. The molecule has 0 aromatic heterocycles. The van der Waals surface area contributed by atoms with Gasteiger partial charge in [0.25, 0.3) is 0 Å². The van der Waals surface area contributed by atoms with Crippen molar-refractivity contribution in [2.75, 3.05) is 18.5 Å². The molecular weight excluding hydrogens is 299 g/mol. The molecule has 0 saturated carbocycles. The Hall–Kier alpha value is -1.60. The summed E-state index contributed by atoms with van der Waals surface area (Å²) < 4.78 is 0. The number of anilines is 1. The second kappa shape index (κ2) is 6.45. The second-order valence-electron chi connectivity index (χ2n) is 4.65. The first-order valence-corrected chi connectivity index (χ1v) is 6.71. The largest absolute Gasteiger partial charge is 0.313 e. The van der Waals surface area contributed by atoms with Crippen LogP contribution in [-0.4, -0.2) is 42.6 Å². The van der Waals surface area contributed by atoms with Crippen LogP contribution in [0.15, 0.2) is 53.5 Å². The number of nitrogens with zero attached hydrogens (tertiary/aromatic N) is 2. The van der Waals surface area contributed by atoms with Crippen LogP contribution in [0, 0.1) is 0 Å². The fraction of sp³-hybridized carbons (Fsp3) is 0.125. The first kappa shape index (κ1) is 15.8. The molecule has 3 rings (SSSR count). The van der Waals surface area contributed by atoms with E-state index in [1.54, 1.807) is 18.0 Å². The number of benzene rings is 2. The molecule has 3 nitrogen and oxygen atoms in total. The van der Waals surface area contributed by atoms with E-state index >= 15 is 0 Å². The molecule has 2 aromatic carbocycles. The molecule has 2 aromatic rings. The van der Waals surface area contributed by atoms with Gasteiger partial charge in [-0.15, -0.1) is 0 Å². The van der Waals surface area contributed by atoms with E-state index in [9.17, 15) is 4.79 Å². The van der Waals surface area contributed by atoms with Crippen molar-refractivity contribution in [3.8, 4) is 0 Å². The second-order valence-corrected chi connectivity index (χ2v) is 5.08. The molecule has 103 valence electrons. The van der Waals surface area contributed by atoms with E-state index < -0.39 is 0 Å². The maximum Gasteiger partial charge on any atom is 0.248 e. The molecular formula is C16H13AlClN2O. The van der Waals surface area contributed by atoms with Crippen LogP contribution in [-0.2, 0) is 4.79 Å². The summed E-state index contributed by atoms with van der Waals surface area (Å²) in [4.78, 5) is 18.1. The standard InChI is InChI=1S/C16H13ClN2O.Al/c1-19-14-8-7-12(17)9-13(14)16(18-10-15(19)20)11-5-3-2-4-6-11;/h2-9H,10H2,1H3;. The fourth-order valence-corrected chi connectivity index (χ4v) is 2.48. The highest BCUT2D eigenvalue weighted by molar-refractivity contribution is 6.32. The van der Waals surface area contributed by atoms with Crippen LogP contribution in [0.2, 0.25) is 5.02 Å². The van der Waals surface area contributed by atoms with Gasteiger partial charge in [0.1, 0.15) is 6.54 Å². The Kier molecular flexibility index (Phi) is 4.85. The van der Waals surface area contributed by atoms with Crippen LogP contribution in [0.1, 0.15) is 11.1 Å². The summed E-state index contributed by atoms with van der Waals surface area (Å²) in [5.74, 6) is -0.0282. The van der Waals surface area contributed by atoms with Gasteiger partial charge in [-0.3, -0.25) is 9.79 Å². The van der Waals surface area contributed by atoms with Crippen molar-refractivity contribution < 1.29 is 4.79 Å². The summed E-state index contributed by atoms with van der Waals surface area (Å²) in [7, 11) is 1.76. The minimum Gasteiger partial charge on any atom is -0.313 e. The first-order valence-electron chi connectivity index (χ1n) is 6.33. The van der Waals surface area contributed by atoms with Crippen molar-refractivity contribution in [1.82, 2.24) is 0 Å². The average molecular weight is 312 g/mol. The molecule has 0 saturated heterocycles. The van der Waals surface area contributed by atoms with E-state index in [4.69, 9.17) is 11.6 Å². The average Bonchev–Trinajstić information content (AvgIpc) is 2.58. The molecule has 21 heavy (non-hydrogen) atoms. The zero-order chi connectivity index (χ0) is 14.1. The van der Waals surface area contributed by atoms with E-state index in [1.165, 1.54) is 0 Å². The van der Waals surface area contributed by atoms with E-state index in [0.717, 1.165) is 22.5 Å². The topological polar surface area (TPSA) is 32.7 Å². The zero-order valence-electron chi connectivity index (χ0n) is 11.6. The molecule has 0 aliphatic carbocycles. The Morgan fingerprint density at radius 1 is 1.14 bits per heavy atom. The number of carbonyl (C=O) groups is 1. The number of hydrogen-bond donors (Lipinski definition) is 0. The third-order valence-electron chi connectivity index (χ3n) is 3.37. The van der Waals surface area contributed by atoms with Crippen LogP contribution in [0.5, 0.6) is 0 Å². The van der Waals surface area contributed by atoms with Crippen LogP contribution < -0.4 is 4.90 Å². The van der Waals surface area contributed by atoms with Crippen LogP contribution in [0.4, 0.5) is 5.69 Å². The maximum absolute atomic E-state index is 12.0. The highest BCUT2D eigenvalue weighted by Gasteiger charge is 2.22. The minimum absolute atomic E-state index is 0. The van der Waals surface area contributed by atoms with Gasteiger partial charge in [0.2, 0.25) is 5.91 Å². The van der Waals surface area contributed by atoms with Crippen LogP contribution in [0.25, 0.3) is 0 Å².